The van der Waals surface area contributed by atoms with E-state index in [0.29, 0.717) is 35.8 Å². The highest BCUT2D eigenvalue weighted by molar-refractivity contribution is 7.89. The zero-order valence-electron chi connectivity index (χ0n) is 14.4. The first kappa shape index (κ1) is 18.0. The SMILES string of the molecule is O=C(CCn1nnc2cc(S(=O)(=O)N3CCCC3)ccc21)Nc1nccs1. The summed E-state index contributed by atoms with van der Waals surface area (Å²) in [5, 5.41) is 13.2. The molecule has 0 radical (unpaired) electrons. The molecule has 4 rings (SSSR count). The van der Waals surface area contributed by atoms with Gasteiger partial charge in [0.1, 0.15) is 5.52 Å². The van der Waals surface area contributed by atoms with Gasteiger partial charge in [-0.15, -0.1) is 16.4 Å². The van der Waals surface area contributed by atoms with E-state index >= 15 is 0 Å². The molecule has 142 valence electrons. The van der Waals surface area contributed by atoms with E-state index in [9.17, 15) is 13.2 Å². The van der Waals surface area contributed by atoms with Crippen molar-refractivity contribution in [1.29, 1.82) is 0 Å². The monoisotopic (exact) mass is 406 g/mol. The number of nitrogens with zero attached hydrogens (tertiary/aromatic N) is 5. The summed E-state index contributed by atoms with van der Waals surface area (Å²) >= 11 is 1.35. The van der Waals surface area contributed by atoms with Gasteiger partial charge in [-0.1, -0.05) is 5.21 Å². The van der Waals surface area contributed by atoms with E-state index in [1.807, 2.05) is 0 Å². The van der Waals surface area contributed by atoms with Crippen molar-refractivity contribution in [3.05, 3.63) is 29.8 Å². The summed E-state index contributed by atoms with van der Waals surface area (Å²) in [5.74, 6) is -0.165. The normalized spacial score (nSPS) is 15.4. The lowest BCUT2D eigenvalue weighted by atomic mass is 10.3. The van der Waals surface area contributed by atoms with Crippen LogP contribution < -0.4 is 5.32 Å². The van der Waals surface area contributed by atoms with Crippen LogP contribution in [0.5, 0.6) is 0 Å². The summed E-state index contributed by atoms with van der Waals surface area (Å²) < 4.78 is 28.4. The number of fused-ring (bicyclic) bond motifs is 1. The highest BCUT2D eigenvalue weighted by Crippen LogP contribution is 2.23. The largest absolute Gasteiger partial charge is 0.302 e. The molecule has 0 atom stereocenters. The van der Waals surface area contributed by atoms with Gasteiger partial charge in [0.15, 0.2) is 5.13 Å². The number of aromatic nitrogens is 4. The van der Waals surface area contributed by atoms with Gasteiger partial charge in [-0.2, -0.15) is 4.31 Å². The van der Waals surface area contributed by atoms with Crippen LogP contribution >= 0.6 is 11.3 Å². The van der Waals surface area contributed by atoms with Crippen molar-refractivity contribution >= 4 is 43.4 Å². The lowest BCUT2D eigenvalue weighted by molar-refractivity contribution is -0.116. The number of carbonyl (C=O) groups excluding carboxylic acids is 1. The Morgan fingerprint density at radius 1 is 1.26 bits per heavy atom. The first-order valence-corrected chi connectivity index (χ1v) is 10.9. The highest BCUT2D eigenvalue weighted by atomic mass is 32.2. The fourth-order valence-electron chi connectivity index (χ4n) is 3.03. The fourth-order valence-corrected chi connectivity index (χ4v) is 5.11. The van der Waals surface area contributed by atoms with E-state index in [2.05, 4.69) is 20.6 Å². The van der Waals surface area contributed by atoms with Gasteiger partial charge in [-0.25, -0.2) is 18.1 Å². The highest BCUT2D eigenvalue weighted by Gasteiger charge is 2.27. The summed E-state index contributed by atoms with van der Waals surface area (Å²) in [5.41, 5.74) is 1.19. The van der Waals surface area contributed by atoms with Crippen LogP contribution in [0.3, 0.4) is 0 Å². The number of benzene rings is 1. The molecule has 1 aromatic carbocycles. The summed E-state index contributed by atoms with van der Waals surface area (Å²) in [6.45, 7) is 1.45. The topological polar surface area (TPSA) is 110 Å². The van der Waals surface area contributed by atoms with E-state index in [1.54, 1.807) is 34.5 Å². The number of rotatable bonds is 6. The minimum atomic E-state index is -3.49. The second kappa shape index (κ2) is 7.33. The molecule has 1 saturated heterocycles. The second-order valence-electron chi connectivity index (χ2n) is 6.21. The maximum Gasteiger partial charge on any atom is 0.243 e. The van der Waals surface area contributed by atoms with Crippen LogP contribution in [-0.2, 0) is 21.4 Å². The van der Waals surface area contributed by atoms with Crippen molar-refractivity contribution in [3.8, 4) is 0 Å². The van der Waals surface area contributed by atoms with Crippen molar-refractivity contribution in [2.75, 3.05) is 18.4 Å². The maximum absolute atomic E-state index is 12.7. The standard InChI is InChI=1S/C16H18N6O3S2/c23-15(18-16-17-6-10-26-16)5-9-22-14-4-3-12(11-13(14)19-20-22)27(24,25)21-7-1-2-8-21/h3-4,6,10-11H,1-2,5,7-9H2,(H,17,18,23). The molecule has 3 heterocycles. The third-order valence-corrected chi connectivity index (χ3v) is 7.00. The van der Waals surface area contributed by atoms with Crippen LogP contribution in [0.1, 0.15) is 19.3 Å². The van der Waals surface area contributed by atoms with Crippen LogP contribution in [0.4, 0.5) is 5.13 Å². The average Bonchev–Trinajstić information content (AvgIpc) is 3.41. The molecular formula is C16H18N6O3S2. The number of anilines is 1. The predicted molar refractivity (Wildman–Crippen MR) is 101 cm³/mol. The quantitative estimate of drug-likeness (QED) is 0.667. The third-order valence-electron chi connectivity index (χ3n) is 4.42. The predicted octanol–water partition coefficient (Wildman–Crippen LogP) is 1.70. The molecule has 2 aromatic heterocycles. The van der Waals surface area contributed by atoms with E-state index < -0.39 is 10.0 Å². The number of thiazole rings is 1. The summed E-state index contributed by atoms with van der Waals surface area (Å²) in [4.78, 5) is 16.2. The first-order valence-electron chi connectivity index (χ1n) is 8.57. The van der Waals surface area contributed by atoms with Crippen LogP contribution in [-0.4, -0.2) is 51.7 Å². The lowest BCUT2D eigenvalue weighted by Gasteiger charge is -2.15. The number of carbonyl (C=O) groups is 1. The Morgan fingerprint density at radius 2 is 2.07 bits per heavy atom. The number of amides is 1. The Morgan fingerprint density at radius 3 is 2.81 bits per heavy atom. The van der Waals surface area contributed by atoms with Gasteiger partial charge in [0.25, 0.3) is 0 Å². The number of hydrogen-bond acceptors (Lipinski definition) is 7. The van der Waals surface area contributed by atoms with Crippen LogP contribution in [0.2, 0.25) is 0 Å². The Bertz CT molecular complexity index is 1060. The van der Waals surface area contributed by atoms with Gasteiger partial charge < -0.3 is 5.32 Å². The number of nitrogens with one attached hydrogen (secondary N) is 1. The minimum absolute atomic E-state index is 0.165. The Hall–Kier alpha value is -2.37. The van der Waals surface area contributed by atoms with Gasteiger partial charge >= 0.3 is 0 Å². The van der Waals surface area contributed by atoms with Crippen molar-refractivity contribution < 1.29 is 13.2 Å². The second-order valence-corrected chi connectivity index (χ2v) is 9.04. The van der Waals surface area contributed by atoms with Crippen LogP contribution in [0, 0.1) is 0 Å². The number of hydrogen-bond donors (Lipinski definition) is 1. The van der Waals surface area contributed by atoms with Gasteiger partial charge in [-0.05, 0) is 31.0 Å². The van der Waals surface area contributed by atoms with Gasteiger partial charge in [-0.3, -0.25) is 4.79 Å². The molecule has 27 heavy (non-hydrogen) atoms. The van der Waals surface area contributed by atoms with E-state index in [0.717, 1.165) is 12.8 Å². The van der Waals surface area contributed by atoms with Crippen LogP contribution in [0.25, 0.3) is 11.0 Å². The molecule has 1 fully saturated rings. The third kappa shape index (κ3) is 3.70. The molecule has 3 aromatic rings. The molecule has 11 heteroatoms. The van der Waals surface area contributed by atoms with E-state index in [-0.39, 0.29) is 17.2 Å². The molecule has 0 bridgehead atoms. The molecule has 0 aliphatic carbocycles. The van der Waals surface area contributed by atoms with Crippen molar-refractivity contribution in [3.63, 3.8) is 0 Å². The summed E-state index contributed by atoms with van der Waals surface area (Å²) in [6.07, 6.45) is 3.62. The molecule has 1 aliphatic heterocycles. The van der Waals surface area contributed by atoms with E-state index in [4.69, 9.17) is 0 Å². The van der Waals surface area contributed by atoms with Gasteiger partial charge in [0.2, 0.25) is 15.9 Å². The number of sulfonamides is 1. The summed E-state index contributed by atoms with van der Waals surface area (Å²) in [6, 6.07) is 4.81. The lowest BCUT2D eigenvalue weighted by Crippen LogP contribution is -2.27. The van der Waals surface area contributed by atoms with Crippen molar-refractivity contribution in [1.82, 2.24) is 24.3 Å². The zero-order valence-corrected chi connectivity index (χ0v) is 16.0. The van der Waals surface area contributed by atoms with E-state index in [1.165, 1.54) is 15.6 Å². The first-order chi connectivity index (χ1) is 13.0. The molecule has 0 unspecified atom stereocenters. The Labute approximate surface area is 160 Å². The Kier molecular flexibility index (Phi) is 4.89. The van der Waals surface area contributed by atoms with Crippen molar-refractivity contribution in [2.45, 2.75) is 30.7 Å². The number of aryl methyl sites for hydroxylation is 1. The Balaban J connectivity index is 1.48. The zero-order chi connectivity index (χ0) is 18.9. The minimum Gasteiger partial charge on any atom is -0.302 e. The molecule has 0 saturated carbocycles. The summed E-state index contributed by atoms with van der Waals surface area (Å²) in [7, 11) is -3.49. The van der Waals surface area contributed by atoms with Crippen LogP contribution in [0.15, 0.2) is 34.7 Å². The molecule has 1 amide bonds. The van der Waals surface area contributed by atoms with Gasteiger partial charge in [0, 0.05) is 31.1 Å². The molecule has 0 spiro atoms. The molecule has 1 aliphatic rings. The maximum atomic E-state index is 12.7. The van der Waals surface area contributed by atoms with Crippen molar-refractivity contribution in [2.24, 2.45) is 0 Å². The van der Waals surface area contributed by atoms with Gasteiger partial charge in [0.05, 0.1) is 17.0 Å². The smallest absolute Gasteiger partial charge is 0.243 e. The molecule has 9 nitrogen and oxygen atoms in total. The molecular weight excluding hydrogens is 388 g/mol. The average molecular weight is 406 g/mol. The fraction of sp³-hybridized carbons (Fsp3) is 0.375. The molecule has 1 N–H and O–H groups in total.